The van der Waals surface area contributed by atoms with Gasteiger partial charge in [0.25, 0.3) is 0 Å². The third-order valence-corrected chi connectivity index (χ3v) is 11.1. The molecule has 5 rings (SSSR count). The summed E-state index contributed by atoms with van der Waals surface area (Å²) >= 11 is 3.85. The van der Waals surface area contributed by atoms with E-state index in [1.807, 2.05) is 0 Å². The predicted molar refractivity (Wildman–Crippen MR) is 114 cm³/mol. The molecule has 0 heterocycles. The molecule has 1 N–H and O–H groups in total. The largest absolute Gasteiger partial charge is 0.451 e. The van der Waals surface area contributed by atoms with Crippen molar-refractivity contribution < 1.29 is 24.2 Å². The van der Waals surface area contributed by atoms with Crippen molar-refractivity contribution in [2.75, 3.05) is 0 Å². The second-order valence-electron chi connectivity index (χ2n) is 10.8. The Balaban J connectivity index is 1.59. The molecule has 0 aliphatic heterocycles. The molecule has 30 heavy (non-hydrogen) atoms. The molecule has 1 unspecified atom stereocenters. The van der Waals surface area contributed by atoms with Crippen LogP contribution < -0.4 is 0 Å². The fourth-order valence-electron chi connectivity index (χ4n) is 8.50. The minimum absolute atomic E-state index is 0.0475. The summed E-state index contributed by atoms with van der Waals surface area (Å²) in [7, 11) is 0. The van der Waals surface area contributed by atoms with Crippen molar-refractivity contribution in [1.82, 2.24) is 0 Å². The predicted octanol–water partition coefficient (Wildman–Crippen LogP) is 3.75. The number of carbonyl (C=O) groups is 3. The minimum Gasteiger partial charge on any atom is -0.451 e. The van der Waals surface area contributed by atoms with Crippen LogP contribution in [0.5, 0.6) is 0 Å². The van der Waals surface area contributed by atoms with Crippen molar-refractivity contribution >= 4 is 33.5 Å². The first-order valence-electron chi connectivity index (χ1n) is 11.3. The van der Waals surface area contributed by atoms with Crippen molar-refractivity contribution in [3.8, 4) is 0 Å². The van der Waals surface area contributed by atoms with Gasteiger partial charge in [-0.1, -0.05) is 35.4 Å². The minimum atomic E-state index is -1.07. The molecule has 0 aromatic rings. The van der Waals surface area contributed by atoms with Gasteiger partial charge in [0.1, 0.15) is 0 Å². The summed E-state index contributed by atoms with van der Waals surface area (Å²) in [5.41, 5.74) is 0.617. The van der Waals surface area contributed by atoms with E-state index in [1.165, 1.54) is 12.5 Å². The lowest BCUT2D eigenvalue weighted by Crippen LogP contribution is -2.64. The van der Waals surface area contributed by atoms with Gasteiger partial charge in [-0.05, 0) is 67.8 Å². The van der Waals surface area contributed by atoms with Crippen LogP contribution in [-0.2, 0) is 19.1 Å². The molecule has 5 aliphatic carbocycles. The topological polar surface area (TPSA) is 80.7 Å². The van der Waals surface area contributed by atoms with E-state index in [0.29, 0.717) is 18.8 Å². The summed E-state index contributed by atoms with van der Waals surface area (Å²) in [6.45, 7) is 7.33. The highest BCUT2D eigenvalue weighted by molar-refractivity contribution is 9.09. The fraction of sp³-hybridized carbons (Fsp3) is 0.792. The number of halogens is 1. The summed E-state index contributed by atoms with van der Waals surface area (Å²) in [5, 5.41) is 11.3. The highest BCUT2D eigenvalue weighted by Crippen LogP contribution is 2.72. The average Bonchev–Trinajstić information content (AvgIpc) is 3.43. The number of esters is 1. The fourth-order valence-corrected chi connectivity index (χ4v) is 9.60. The van der Waals surface area contributed by atoms with Crippen molar-refractivity contribution in [2.45, 2.75) is 82.8 Å². The molecular formula is C24H31BrO5. The van der Waals surface area contributed by atoms with E-state index in [0.717, 1.165) is 31.3 Å². The first-order chi connectivity index (χ1) is 14.0. The quantitative estimate of drug-likeness (QED) is 0.482. The number of Topliss-reactive ketones (excluding diaryl/α,β-unsaturated/α-hetero) is 2. The second-order valence-corrected chi connectivity index (χ2v) is 11.9. The van der Waals surface area contributed by atoms with Gasteiger partial charge in [-0.15, -0.1) is 0 Å². The van der Waals surface area contributed by atoms with Crippen molar-refractivity contribution in [2.24, 2.45) is 34.5 Å². The first kappa shape index (κ1) is 20.9. The molecule has 0 aromatic heterocycles. The van der Waals surface area contributed by atoms with Crippen LogP contribution in [-0.4, -0.2) is 39.2 Å². The van der Waals surface area contributed by atoms with Gasteiger partial charge in [0.15, 0.2) is 17.2 Å². The Bertz CT molecular complexity index is 894. The normalized spacial score (nSPS) is 51.5. The zero-order chi connectivity index (χ0) is 21.8. The van der Waals surface area contributed by atoms with E-state index in [4.69, 9.17) is 4.74 Å². The van der Waals surface area contributed by atoms with Gasteiger partial charge in [-0.2, -0.15) is 0 Å². The number of aliphatic hydroxyl groups is 1. The first-order valence-corrected chi connectivity index (χ1v) is 12.2. The maximum Gasteiger partial charge on any atom is 0.303 e. The maximum atomic E-state index is 12.9. The number of allylic oxidation sites excluding steroid dienone is 2. The number of carbonyl (C=O) groups excluding carboxylic acids is 3. The molecule has 0 bridgehead atoms. The van der Waals surface area contributed by atoms with Gasteiger partial charge in [0.2, 0.25) is 0 Å². The molecule has 0 amide bonds. The third-order valence-electron chi connectivity index (χ3n) is 9.97. The SMILES string of the molecule is CC(=O)O[C@]1(C(C)=O)CC[C@H]2[C@@H]3[C@H](Br)[C@@H](O)C4CC(=O)C5=C(C5)[C@]4(C)[C@H]3CC[C@@]21C. The van der Waals surface area contributed by atoms with E-state index in [9.17, 15) is 19.5 Å². The number of rotatable bonds is 2. The smallest absolute Gasteiger partial charge is 0.303 e. The number of ether oxygens (including phenoxy) is 1. The maximum absolute atomic E-state index is 12.9. The summed E-state index contributed by atoms with van der Waals surface area (Å²) in [6, 6.07) is 0. The Hall–Kier alpha value is -1.01. The van der Waals surface area contributed by atoms with Gasteiger partial charge in [0.05, 0.1) is 6.10 Å². The molecule has 3 fully saturated rings. The number of alkyl halides is 1. The molecule has 9 atom stereocenters. The molecule has 6 heteroatoms. The Labute approximate surface area is 186 Å². The standard InChI is InChI=1S/C24H31BrO5/c1-11(26)24(30-12(2)27)8-6-14-19-15(5-7-22(14,24)3)23(4)16-9-13(16)18(28)10-17(23)21(29)20(19)25/h14-15,17,19-21,29H,5-10H2,1-4H3/t14-,15-,17?,19-,20-,21-,22-,23-,24-/m0/s1. The third kappa shape index (κ3) is 2.30. The number of ketones is 2. The molecule has 164 valence electrons. The average molecular weight is 479 g/mol. The van der Waals surface area contributed by atoms with Crippen molar-refractivity contribution in [3.05, 3.63) is 11.1 Å². The summed E-state index contributed by atoms with van der Waals surface area (Å²) < 4.78 is 5.83. The van der Waals surface area contributed by atoms with E-state index in [-0.39, 0.29) is 39.6 Å². The highest BCUT2D eigenvalue weighted by atomic mass is 79.9. The van der Waals surface area contributed by atoms with Crippen molar-refractivity contribution in [3.63, 3.8) is 0 Å². The molecule has 0 spiro atoms. The van der Waals surface area contributed by atoms with Gasteiger partial charge in [0, 0.05) is 29.5 Å². The van der Waals surface area contributed by atoms with E-state index in [2.05, 4.69) is 29.8 Å². The van der Waals surface area contributed by atoms with Crippen LogP contribution in [0, 0.1) is 34.5 Å². The molecule has 0 radical (unpaired) electrons. The summed E-state index contributed by atoms with van der Waals surface area (Å²) in [4.78, 5) is 37.2. The van der Waals surface area contributed by atoms with Gasteiger partial charge >= 0.3 is 5.97 Å². The molecule has 0 aromatic carbocycles. The number of hydrogen-bond donors (Lipinski definition) is 1. The van der Waals surface area contributed by atoms with E-state index >= 15 is 0 Å². The van der Waals surface area contributed by atoms with Crippen LogP contribution in [0.2, 0.25) is 0 Å². The van der Waals surface area contributed by atoms with Gasteiger partial charge < -0.3 is 9.84 Å². The van der Waals surface area contributed by atoms with Crippen LogP contribution in [0.25, 0.3) is 0 Å². The van der Waals surface area contributed by atoms with Gasteiger partial charge in [-0.25, -0.2) is 0 Å². The van der Waals surface area contributed by atoms with Crippen LogP contribution in [0.1, 0.15) is 66.2 Å². The van der Waals surface area contributed by atoms with Crippen LogP contribution >= 0.6 is 15.9 Å². The number of fused-ring (bicyclic) bond motifs is 6. The Morgan fingerprint density at radius 3 is 2.40 bits per heavy atom. The molecule has 0 saturated heterocycles. The number of hydrogen-bond acceptors (Lipinski definition) is 5. The summed E-state index contributed by atoms with van der Waals surface area (Å²) in [6.07, 6.45) is 3.75. The Morgan fingerprint density at radius 2 is 1.77 bits per heavy atom. The van der Waals surface area contributed by atoms with Crippen LogP contribution in [0.15, 0.2) is 11.1 Å². The molecule has 3 saturated carbocycles. The zero-order valence-electron chi connectivity index (χ0n) is 18.2. The monoisotopic (exact) mass is 478 g/mol. The molecule has 5 nitrogen and oxygen atoms in total. The highest BCUT2D eigenvalue weighted by Gasteiger charge is 2.72. The summed E-state index contributed by atoms with van der Waals surface area (Å²) in [5.74, 6) is 0.414. The lowest BCUT2D eigenvalue weighted by molar-refractivity contribution is -0.192. The van der Waals surface area contributed by atoms with Crippen LogP contribution in [0.4, 0.5) is 0 Å². The Morgan fingerprint density at radius 1 is 1.10 bits per heavy atom. The van der Waals surface area contributed by atoms with E-state index < -0.39 is 23.1 Å². The lowest BCUT2D eigenvalue weighted by Gasteiger charge is -2.62. The van der Waals surface area contributed by atoms with Crippen LogP contribution in [0.3, 0.4) is 0 Å². The molecule has 5 aliphatic rings. The number of aliphatic hydroxyl groups excluding tert-OH is 1. The second kappa shape index (κ2) is 6.28. The van der Waals surface area contributed by atoms with E-state index in [1.54, 1.807) is 6.92 Å². The Kier molecular flexibility index (Phi) is 4.37. The molecular weight excluding hydrogens is 448 g/mol. The van der Waals surface area contributed by atoms with Gasteiger partial charge in [-0.3, -0.25) is 14.4 Å². The lowest BCUT2D eigenvalue weighted by atomic mass is 9.44. The van der Waals surface area contributed by atoms with Crippen molar-refractivity contribution in [1.29, 1.82) is 0 Å². The zero-order valence-corrected chi connectivity index (χ0v) is 19.8.